The van der Waals surface area contributed by atoms with E-state index in [1.807, 2.05) is 32.9 Å². The minimum Gasteiger partial charge on any atom is -0.305 e. The first-order valence-corrected chi connectivity index (χ1v) is 13.2. The van der Waals surface area contributed by atoms with Crippen molar-refractivity contribution in [3.05, 3.63) is 84.2 Å². The molecule has 5 rings (SSSR count). The van der Waals surface area contributed by atoms with Crippen molar-refractivity contribution in [2.24, 2.45) is 10.9 Å². The number of urea groups is 1. The smallest absolute Gasteiger partial charge is 0.305 e. The van der Waals surface area contributed by atoms with Crippen molar-refractivity contribution >= 4 is 34.7 Å². The fraction of sp³-hybridized carbons (Fsp3) is 0.267. The number of benzene rings is 2. The van der Waals surface area contributed by atoms with E-state index in [1.165, 1.54) is 35.2 Å². The van der Waals surface area contributed by atoms with E-state index in [4.69, 9.17) is 0 Å². The monoisotopic (exact) mass is 559 g/mol. The zero-order valence-corrected chi connectivity index (χ0v) is 23.4. The molecule has 2 unspecified atom stereocenters. The summed E-state index contributed by atoms with van der Waals surface area (Å²) in [7, 11) is 1.79. The van der Waals surface area contributed by atoms with Crippen LogP contribution in [0.3, 0.4) is 0 Å². The number of anilines is 3. The topological polar surface area (TPSA) is 104 Å². The fourth-order valence-electron chi connectivity index (χ4n) is 4.60. The number of hydrogen-bond acceptors (Lipinski definition) is 5. The predicted octanol–water partition coefficient (Wildman–Crippen LogP) is 5.65. The molecule has 2 aromatic carbocycles. The van der Waals surface area contributed by atoms with Crippen molar-refractivity contribution in [3.63, 3.8) is 0 Å². The molecule has 11 heteroatoms. The molecular formula is C30H31F2N7O2. The first-order chi connectivity index (χ1) is 19.4. The number of halogens is 2. The summed E-state index contributed by atoms with van der Waals surface area (Å²) < 4.78 is 30.5. The molecule has 3 N–H and O–H groups in total. The van der Waals surface area contributed by atoms with Crippen molar-refractivity contribution in [3.8, 4) is 11.3 Å². The molecule has 2 aliphatic heterocycles. The van der Waals surface area contributed by atoms with Crippen molar-refractivity contribution in [2.75, 3.05) is 22.6 Å². The van der Waals surface area contributed by atoms with E-state index in [0.717, 1.165) is 5.57 Å². The summed E-state index contributed by atoms with van der Waals surface area (Å²) in [6.07, 6.45) is 6.87. The number of allylic oxidation sites excluding steroid dienone is 2. The molecule has 2 atom stereocenters. The highest BCUT2D eigenvalue weighted by atomic mass is 19.1. The minimum atomic E-state index is -0.730. The Hall–Kier alpha value is -4.64. The number of aliphatic imine (C=N–C) groups is 1. The van der Waals surface area contributed by atoms with Gasteiger partial charge in [0.05, 0.1) is 34.2 Å². The predicted molar refractivity (Wildman–Crippen MR) is 156 cm³/mol. The number of fused-ring (bicyclic) bond motifs is 1. The van der Waals surface area contributed by atoms with Gasteiger partial charge >= 0.3 is 6.03 Å². The van der Waals surface area contributed by atoms with Crippen LogP contribution in [0.15, 0.2) is 77.6 Å². The summed E-state index contributed by atoms with van der Waals surface area (Å²) in [5.74, 6) is -1.86. The normalized spacial score (nSPS) is 18.5. The molecule has 0 fully saturated rings. The van der Waals surface area contributed by atoms with Crippen molar-refractivity contribution < 1.29 is 18.4 Å². The second kappa shape index (κ2) is 10.7. The van der Waals surface area contributed by atoms with Gasteiger partial charge in [-0.25, -0.2) is 13.6 Å². The molecule has 2 aliphatic rings. The molecule has 212 valence electrons. The standard InChI is InChI=1S/C30H31F2N7O2/c1-17-26-19(9-12-25(33-5)36-26)15-38(28(17)40)21-10-11-22(32)23(14-21)34-29(41)35-24-16-39(30(2,3)4)37-27(24)18-7-6-8-20(31)13-18/h6-17,25,33H,1-5H3,(H2,34,35,41). The summed E-state index contributed by atoms with van der Waals surface area (Å²) in [4.78, 5) is 32.3. The zero-order valence-electron chi connectivity index (χ0n) is 23.4. The maximum absolute atomic E-state index is 14.9. The van der Waals surface area contributed by atoms with Crippen molar-refractivity contribution in [1.29, 1.82) is 0 Å². The Balaban J connectivity index is 1.41. The third kappa shape index (κ3) is 5.66. The molecule has 0 radical (unpaired) electrons. The largest absolute Gasteiger partial charge is 0.323 e. The van der Waals surface area contributed by atoms with Crippen molar-refractivity contribution in [1.82, 2.24) is 15.1 Å². The number of dihydropyridines is 1. The minimum absolute atomic E-state index is 0.122. The Kier molecular flexibility index (Phi) is 7.31. The van der Waals surface area contributed by atoms with Gasteiger partial charge in [0.15, 0.2) is 0 Å². The highest BCUT2D eigenvalue weighted by Crippen LogP contribution is 2.32. The van der Waals surface area contributed by atoms with E-state index in [9.17, 15) is 18.4 Å². The molecule has 41 heavy (non-hydrogen) atoms. The number of aromatic nitrogens is 2. The average molecular weight is 560 g/mol. The highest BCUT2D eigenvalue weighted by molar-refractivity contribution is 6.21. The number of nitrogens with zero attached hydrogens (tertiary/aromatic N) is 4. The van der Waals surface area contributed by atoms with E-state index in [0.29, 0.717) is 28.3 Å². The molecule has 9 nitrogen and oxygen atoms in total. The highest BCUT2D eigenvalue weighted by Gasteiger charge is 2.33. The number of carbonyl (C=O) groups is 2. The fourth-order valence-corrected chi connectivity index (χ4v) is 4.60. The lowest BCUT2D eigenvalue weighted by Gasteiger charge is -2.32. The number of carbonyl (C=O) groups excluding carboxylic acids is 2. The van der Waals surface area contributed by atoms with Gasteiger partial charge in [-0.2, -0.15) is 5.10 Å². The third-order valence-electron chi connectivity index (χ3n) is 6.84. The molecule has 0 bridgehead atoms. The first-order valence-electron chi connectivity index (χ1n) is 13.2. The second-order valence-electron chi connectivity index (χ2n) is 10.9. The maximum atomic E-state index is 14.9. The first kappa shape index (κ1) is 27.9. The quantitative estimate of drug-likeness (QED) is 0.376. The maximum Gasteiger partial charge on any atom is 0.323 e. The van der Waals surface area contributed by atoms with E-state index < -0.39 is 29.1 Å². The van der Waals surface area contributed by atoms with E-state index in [-0.39, 0.29) is 17.8 Å². The number of rotatable bonds is 5. The summed E-state index contributed by atoms with van der Waals surface area (Å²) >= 11 is 0. The van der Waals surface area contributed by atoms with Gasteiger partial charge in [-0.3, -0.25) is 24.7 Å². The Bertz CT molecular complexity index is 1620. The Morgan fingerprint density at radius 3 is 2.51 bits per heavy atom. The van der Waals surface area contributed by atoms with Gasteiger partial charge in [-0.05, 0) is 71.2 Å². The Labute approximate surface area is 236 Å². The summed E-state index contributed by atoms with van der Waals surface area (Å²) in [6.45, 7) is 7.59. The summed E-state index contributed by atoms with van der Waals surface area (Å²) in [5, 5.41) is 12.9. The van der Waals surface area contributed by atoms with Crippen molar-refractivity contribution in [2.45, 2.75) is 39.4 Å². The molecule has 3 amide bonds. The molecule has 3 heterocycles. The van der Waals surface area contributed by atoms with Crippen LogP contribution in [-0.2, 0) is 10.3 Å². The van der Waals surface area contributed by atoms with Crippen LogP contribution >= 0.6 is 0 Å². The zero-order chi connectivity index (χ0) is 29.5. The van der Waals surface area contributed by atoms with Crippen LogP contribution in [0.4, 0.5) is 30.6 Å². The number of hydrogen-bond donors (Lipinski definition) is 3. The molecule has 3 aromatic rings. The van der Waals surface area contributed by atoms with E-state index >= 15 is 0 Å². The lowest BCUT2D eigenvalue weighted by atomic mass is 9.91. The summed E-state index contributed by atoms with van der Waals surface area (Å²) in [6, 6.07) is 9.21. The van der Waals surface area contributed by atoms with Crippen LogP contribution in [0, 0.1) is 17.6 Å². The van der Waals surface area contributed by atoms with Gasteiger partial charge in [0.2, 0.25) is 5.91 Å². The lowest BCUT2D eigenvalue weighted by Crippen LogP contribution is -2.42. The molecular weight excluding hydrogens is 528 g/mol. The molecule has 0 saturated carbocycles. The Morgan fingerprint density at radius 2 is 1.80 bits per heavy atom. The van der Waals surface area contributed by atoms with Crippen LogP contribution < -0.4 is 20.9 Å². The Morgan fingerprint density at radius 1 is 1.05 bits per heavy atom. The van der Waals surface area contributed by atoms with Gasteiger partial charge in [0.1, 0.15) is 23.5 Å². The molecule has 0 saturated heterocycles. The van der Waals surface area contributed by atoms with Gasteiger partial charge < -0.3 is 10.6 Å². The van der Waals surface area contributed by atoms with Crippen LogP contribution in [0.25, 0.3) is 11.3 Å². The van der Waals surface area contributed by atoms with Gasteiger partial charge in [-0.15, -0.1) is 0 Å². The molecule has 0 aliphatic carbocycles. The van der Waals surface area contributed by atoms with Crippen LogP contribution in [0.5, 0.6) is 0 Å². The van der Waals surface area contributed by atoms with Gasteiger partial charge in [-0.1, -0.05) is 18.2 Å². The van der Waals surface area contributed by atoms with Gasteiger partial charge in [0.25, 0.3) is 0 Å². The van der Waals surface area contributed by atoms with Gasteiger partial charge in [0, 0.05) is 23.5 Å². The van der Waals surface area contributed by atoms with Crippen LogP contribution in [0.1, 0.15) is 27.7 Å². The number of nitrogens with one attached hydrogen (secondary N) is 3. The number of likely N-dealkylation sites (N-methyl/N-ethyl adjacent to an activating group) is 1. The van der Waals surface area contributed by atoms with E-state index in [1.54, 1.807) is 43.2 Å². The van der Waals surface area contributed by atoms with Crippen LogP contribution in [-0.4, -0.2) is 40.6 Å². The number of amides is 3. The lowest BCUT2D eigenvalue weighted by molar-refractivity contribution is -0.119. The molecule has 0 spiro atoms. The summed E-state index contributed by atoms with van der Waals surface area (Å²) in [5.41, 5.74) is 2.46. The molecule has 1 aromatic heterocycles. The van der Waals surface area contributed by atoms with Crippen LogP contribution in [0.2, 0.25) is 0 Å². The SMILES string of the molecule is CNC1C=CC2=CN(c3ccc(F)c(NC(=O)Nc4cn(C(C)(C)C)nc4-c4cccc(F)c4)c3)C(=O)C(C)C2=N1. The van der Waals surface area contributed by atoms with E-state index in [2.05, 4.69) is 26.0 Å². The third-order valence-corrected chi connectivity index (χ3v) is 6.84. The average Bonchev–Trinajstić information content (AvgIpc) is 3.36. The second-order valence-corrected chi connectivity index (χ2v) is 10.9.